The van der Waals surface area contributed by atoms with Gasteiger partial charge in [0.1, 0.15) is 5.69 Å². The van der Waals surface area contributed by atoms with Gasteiger partial charge in [-0.05, 0) is 42.3 Å². The third kappa shape index (κ3) is 4.55. The Morgan fingerprint density at radius 3 is 2.76 bits per heavy atom. The highest BCUT2D eigenvalue weighted by Gasteiger charge is 2.09. The Labute approximate surface area is 151 Å². The third-order valence-electron chi connectivity index (χ3n) is 3.67. The van der Waals surface area contributed by atoms with Crippen molar-refractivity contribution in [2.45, 2.75) is 13.5 Å². The monoisotopic (exact) mass is 352 g/mol. The molecule has 1 heterocycles. The lowest BCUT2D eigenvalue weighted by Crippen LogP contribution is -2.24. The van der Waals surface area contributed by atoms with Crippen LogP contribution in [0.4, 0.5) is 11.6 Å². The number of anilines is 2. The van der Waals surface area contributed by atoms with Gasteiger partial charge in [0.2, 0.25) is 5.95 Å². The summed E-state index contributed by atoms with van der Waals surface area (Å²) in [4.78, 5) is 20.7. The van der Waals surface area contributed by atoms with Gasteiger partial charge in [-0.3, -0.25) is 4.79 Å². The molecule has 126 valence electrons. The number of rotatable bonds is 5. The van der Waals surface area contributed by atoms with Crippen LogP contribution >= 0.6 is 11.6 Å². The number of hydrogen-bond acceptors (Lipinski definition) is 4. The molecule has 2 N–H and O–H groups in total. The predicted molar refractivity (Wildman–Crippen MR) is 99.1 cm³/mol. The first-order chi connectivity index (χ1) is 12.1. The molecule has 0 saturated heterocycles. The summed E-state index contributed by atoms with van der Waals surface area (Å²) in [6.07, 6.45) is 1.54. The molecule has 0 aliphatic heterocycles. The Balaban J connectivity index is 1.68. The van der Waals surface area contributed by atoms with E-state index in [2.05, 4.69) is 20.6 Å². The Morgan fingerprint density at radius 1 is 1.12 bits per heavy atom. The van der Waals surface area contributed by atoms with Gasteiger partial charge in [0, 0.05) is 23.5 Å². The summed E-state index contributed by atoms with van der Waals surface area (Å²) in [6, 6.07) is 16.7. The van der Waals surface area contributed by atoms with Gasteiger partial charge < -0.3 is 10.6 Å². The molecule has 5 nitrogen and oxygen atoms in total. The first-order valence-electron chi connectivity index (χ1n) is 7.80. The summed E-state index contributed by atoms with van der Waals surface area (Å²) in [5, 5.41) is 6.52. The number of nitrogens with zero attached hydrogens (tertiary/aromatic N) is 2. The summed E-state index contributed by atoms with van der Waals surface area (Å²) in [7, 11) is 0. The van der Waals surface area contributed by atoms with Crippen LogP contribution in [0.5, 0.6) is 0 Å². The molecule has 0 spiro atoms. The van der Waals surface area contributed by atoms with Gasteiger partial charge in [0.25, 0.3) is 5.91 Å². The number of amides is 1. The van der Waals surface area contributed by atoms with Crippen molar-refractivity contribution in [3.05, 3.63) is 82.6 Å². The standard InChI is InChI=1S/C19H17ClN4O/c1-13-5-2-3-6-14(13)12-22-18(25)17-9-10-21-19(24-17)23-16-8-4-7-15(20)11-16/h2-11H,12H2,1H3,(H,22,25)(H,21,23,24). The van der Waals surface area contributed by atoms with E-state index in [1.165, 1.54) is 0 Å². The van der Waals surface area contributed by atoms with Crippen molar-refractivity contribution < 1.29 is 4.79 Å². The van der Waals surface area contributed by atoms with Crippen LogP contribution in [0.15, 0.2) is 60.8 Å². The van der Waals surface area contributed by atoms with Crippen LogP contribution < -0.4 is 10.6 Å². The minimum absolute atomic E-state index is 0.250. The second kappa shape index (κ2) is 7.77. The molecule has 0 unspecified atom stereocenters. The lowest BCUT2D eigenvalue weighted by Gasteiger charge is -2.09. The minimum Gasteiger partial charge on any atom is -0.347 e. The normalized spacial score (nSPS) is 10.3. The molecule has 3 aromatic rings. The molecular formula is C19H17ClN4O. The van der Waals surface area contributed by atoms with Crippen molar-refractivity contribution in [1.82, 2.24) is 15.3 Å². The van der Waals surface area contributed by atoms with E-state index in [4.69, 9.17) is 11.6 Å². The van der Waals surface area contributed by atoms with Gasteiger partial charge in [-0.25, -0.2) is 9.97 Å². The van der Waals surface area contributed by atoms with Crippen LogP contribution in [0.2, 0.25) is 5.02 Å². The van der Waals surface area contributed by atoms with Crippen LogP contribution in [-0.4, -0.2) is 15.9 Å². The molecule has 0 aliphatic carbocycles. The Kier molecular flexibility index (Phi) is 5.26. The van der Waals surface area contributed by atoms with E-state index in [0.29, 0.717) is 23.2 Å². The zero-order chi connectivity index (χ0) is 17.6. The largest absolute Gasteiger partial charge is 0.347 e. The van der Waals surface area contributed by atoms with Crippen molar-refractivity contribution in [2.24, 2.45) is 0 Å². The fourth-order valence-electron chi connectivity index (χ4n) is 2.32. The summed E-state index contributed by atoms with van der Waals surface area (Å²) < 4.78 is 0. The number of benzene rings is 2. The quantitative estimate of drug-likeness (QED) is 0.725. The highest BCUT2D eigenvalue weighted by atomic mass is 35.5. The van der Waals surface area contributed by atoms with E-state index in [-0.39, 0.29) is 5.91 Å². The number of aryl methyl sites for hydroxylation is 1. The fourth-order valence-corrected chi connectivity index (χ4v) is 2.51. The molecule has 0 bridgehead atoms. The molecule has 1 aromatic heterocycles. The number of hydrogen-bond donors (Lipinski definition) is 2. The van der Waals surface area contributed by atoms with Gasteiger partial charge >= 0.3 is 0 Å². The number of nitrogens with one attached hydrogen (secondary N) is 2. The molecule has 0 atom stereocenters. The minimum atomic E-state index is -0.250. The van der Waals surface area contributed by atoms with Gasteiger partial charge in [0.05, 0.1) is 0 Å². The van der Waals surface area contributed by atoms with Gasteiger partial charge in [-0.15, -0.1) is 0 Å². The van der Waals surface area contributed by atoms with Crippen molar-refractivity contribution >= 4 is 29.1 Å². The Morgan fingerprint density at radius 2 is 1.96 bits per heavy atom. The van der Waals surface area contributed by atoms with Gasteiger partial charge in [-0.2, -0.15) is 0 Å². The van der Waals surface area contributed by atoms with Crippen molar-refractivity contribution in [2.75, 3.05) is 5.32 Å². The molecule has 3 rings (SSSR count). The summed E-state index contributed by atoms with van der Waals surface area (Å²) in [5.41, 5.74) is 3.26. The van der Waals surface area contributed by atoms with Crippen molar-refractivity contribution in [3.63, 3.8) is 0 Å². The number of carbonyl (C=O) groups excluding carboxylic acids is 1. The first-order valence-corrected chi connectivity index (χ1v) is 8.18. The zero-order valence-corrected chi connectivity index (χ0v) is 14.4. The van der Waals surface area contributed by atoms with Crippen LogP contribution in [0.25, 0.3) is 0 Å². The van der Waals surface area contributed by atoms with Crippen molar-refractivity contribution in [1.29, 1.82) is 0 Å². The third-order valence-corrected chi connectivity index (χ3v) is 3.90. The summed E-state index contributed by atoms with van der Waals surface area (Å²) in [6.45, 7) is 2.46. The SMILES string of the molecule is Cc1ccccc1CNC(=O)c1ccnc(Nc2cccc(Cl)c2)n1. The van der Waals surface area contributed by atoms with Crippen LogP contribution in [0, 0.1) is 6.92 Å². The Hall–Kier alpha value is -2.92. The van der Waals surface area contributed by atoms with Crippen LogP contribution in [0.1, 0.15) is 21.6 Å². The van der Waals surface area contributed by atoms with Crippen molar-refractivity contribution in [3.8, 4) is 0 Å². The molecule has 2 aromatic carbocycles. The molecule has 0 saturated carbocycles. The molecule has 0 aliphatic rings. The zero-order valence-electron chi connectivity index (χ0n) is 13.7. The highest BCUT2D eigenvalue weighted by Crippen LogP contribution is 2.17. The number of carbonyl (C=O) groups is 1. The first kappa shape index (κ1) is 16.9. The van der Waals surface area contributed by atoms with E-state index in [1.807, 2.05) is 43.3 Å². The lowest BCUT2D eigenvalue weighted by atomic mass is 10.1. The molecule has 25 heavy (non-hydrogen) atoms. The predicted octanol–water partition coefficient (Wildman–Crippen LogP) is 4.11. The van der Waals surface area contributed by atoms with Gasteiger partial charge in [0.15, 0.2) is 0 Å². The van der Waals surface area contributed by atoms with E-state index < -0.39 is 0 Å². The topological polar surface area (TPSA) is 66.9 Å². The Bertz CT molecular complexity index is 898. The van der Waals surface area contributed by atoms with Crippen LogP contribution in [-0.2, 0) is 6.54 Å². The smallest absolute Gasteiger partial charge is 0.270 e. The average Bonchev–Trinajstić information content (AvgIpc) is 2.61. The second-order valence-electron chi connectivity index (χ2n) is 5.51. The summed E-state index contributed by atoms with van der Waals surface area (Å²) in [5.74, 6) is 0.0885. The lowest BCUT2D eigenvalue weighted by molar-refractivity contribution is 0.0946. The molecule has 1 amide bonds. The second-order valence-corrected chi connectivity index (χ2v) is 5.95. The fraction of sp³-hybridized carbons (Fsp3) is 0.105. The maximum atomic E-state index is 12.3. The summed E-state index contributed by atoms with van der Waals surface area (Å²) >= 11 is 5.96. The van der Waals surface area contributed by atoms with Gasteiger partial charge in [-0.1, -0.05) is 41.9 Å². The van der Waals surface area contributed by atoms with E-state index in [1.54, 1.807) is 24.4 Å². The molecule has 6 heteroatoms. The van der Waals surface area contributed by atoms with Crippen LogP contribution in [0.3, 0.4) is 0 Å². The van der Waals surface area contributed by atoms with E-state index in [0.717, 1.165) is 16.8 Å². The maximum Gasteiger partial charge on any atom is 0.270 e. The van der Waals surface area contributed by atoms with E-state index >= 15 is 0 Å². The molecule has 0 radical (unpaired) electrons. The molecule has 0 fully saturated rings. The van der Waals surface area contributed by atoms with E-state index in [9.17, 15) is 4.79 Å². The number of aromatic nitrogens is 2. The average molecular weight is 353 g/mol. The molecular weight excluding hydrogens is 336 g/mol. The maximum absolute atomic E-state index is 12.3. The number of halogens is 1. The highest BCUT2D eigenvalue weighted by molar-refractivity contribution is 6.30.